The SMILES string of the molecule is Cc1ccc(CSCCNC(=O)Cc2nc(-c3ccccc3)oc2C)cc1. The normalized spacial score (nSPS) is 10.7. The van der Waals surface area contributed by atoms with Crippen LogP contribution in [0.4, 0.5) is 0 Å². The minimum absolute atomic E-state index is 0.0260. The van der Waals surface area contributed by atoms with Crippen molar-refractivity contribution in [2.24, 2.45) is 0 Å². The van der Waals surface area contributed by atoms with E-state index >= 15 is 0 Å². The third kappa shape index (κ3) is 5.73. The van der Waals surface area contributed by atoms with Crippen LogP contribution in [0.25, 0.3) is 11.5 Å². The highest BCUT2D eigenvalue weighted by Crippen LogP contribution is 2.21. The molecule has 5 heteroatoms. The summed E-state index contributed by atoms with van der Waals surface area (Å²) in [6, 6.07) is 18.3. The first-order valence-electron chi connectivity index (χ1n) is 9.03. The maximum Gasteiger partial charge on any atom is 0.226 e. The van der Waals surface area contributed by atoms with Crippen LogP contribution in [-0.4, -0.2) is 23.2 Å². The topological polar surface area (TPSA) is 55.1 Å². The molecule has 3 rings (SSSR count). The fourth-order valence-corrected chi connectivity index (χ4v) is 3.47. The molecule has 0 atom stereocenters. The van der Waals surface area contributed by atoms with Gasteiger partial charge in [-0.05, 0) is 31.5 Å². The van der Waals surface area contributed by atoms with Crippen LogP contribution in [0, 0.1) is 13.8 Å². The van der Waals surface area contributed by atoms with Crippen LogP contribution in [-0.2, 0) is 17.0 Å². The molecular formula is C22H24N2O2S. The number of aromatic nitrogens is 1. The number of oxazole rings is 1. The van der Waals surface area contributed by atoms with Gasteiger partial charge in [-0.3, -0.25) is 4.79 Å². The lowest BCUT2D eigenvalue weighted by atomic mass is 10.2. The van der Waals surface area contributed by atoms with E-state index in [9.17, 15) is 4.79 Å². The van der Waals surface area contributed by atoms with Crippen molar-refractivity contribution in [1.29, 1.82) is 0 Å². The quantitative estimate of drug-likeness (QED) is 0.583. The van der Waals surface area contributed by atoms with Crippen LogP contribution in [0.2, 0.25) is 0 Å². The Morgan fingerprint density at radius 3 is 2.56 bits per heavy atom. The first kappa shape index (κ1) is 19.2. The number of thioether (sulfide) groups is 1. The molecule has 140 valence electrons. The van der Waals surface area contributed by atoms with Crippen LogP contribution in [0.5, 0.6) is 0 Å². The predicted molar refractivity (Wildman–Crippen MR) is 111 cm³/mol. The van der Waals surface area contributed by atoms with Gasteiger partial charge in [-0.2, -0.15) is 11.8 Å². The van der Waals surface area contributed by atoms with E-state index in [4.69, 9.17) is 4.42 Å². The summed E-state index contributed by atoms with van der Waals surface area (Å²) in [6.45, 7) is 4.59. The molecule has 0 fully saturated rings. The average Bonchev–Trinajstić information content (AvgIpc) is 3.04. The van der Waals surface area contributed by atoms with Gasteiger partial charge in [0, 0.05) is 23.6 Å². The van der Waals surface area contributed by atoms with E-state index < -0.39 is 0 Å². The molecule has 0 saturated carbocycles. The summed E-state index contributed by atoms with van der Waals surface area (Å²) in [4.78, 5) is 16.7. The van der Waals surface area contributed by atoms with Gasteiger partial charge in [-0.1, -0.05) is 48.0 Å². The summed E-state index contributed by atoms with van der Waals surface area (Å²) in [5, 5.41) is 2.96. The van der Waals surface area contributed by atoms with E-state index in [0.29, 0.717) is 23.9 Å². The van der Waals surface area contributed by atoms with Crippen molar-refractivity contribution >= 4 is 17.7 Å². The first-order chi connectivity index (χ1) is 13.1. The second-order valence-corrected chi connectivity index (χ2v) is 7.56. The number of rotatable bonds is 8. The van der Waals surface area contributed by atoms with Gasteiger partial charge < -0.3 is 9.73 Å². The van der Waals surface area contributed by atoms with Crippen molar-refractivity contribution in [3.8, 4) is 11.5 Å². The number of nitrogens with zero attached hydrogens (tertiary/aromatic N) is 1. The maximum atomic E-state index is 12.2. The zero-order valence-electron chi connectivity index (χ0n) is 15.7. The molecule has 1 heterocycles. The summed E-state index contributed by atoms with van der Waals surface area (Å²) in [5.41, 5.74) is 4.19. The van der Waals surface area contributed by atoms with E-state index in [-0.39, 0.29) is 12.3 Å². The van der Waals surface area contributed by atoms with Crippen LogP contribution < -0.4 is 5.32 Å². The minimum Gasteiger partial charge on any atom is -0.441 e. The molecule has 0 unspecified atom stereocenters. The highest BCUT2D eigenvalue weighted by atomic mass is 32.2. The number of carbonyl (C=O) groups excluding carboxylic acids is 1. The van der Waals surface area contributed by atoms with E-state index in [1.54, 1.807) is 0 Å². The monoisotopic (exact) mass is 380 g/mol. The summed E-state index contributed by atoms with van der Waals surface area (Å²) < 4.78 is 5.71. The van der Waals surface area contributed by atoms with Crippen LogP contribution in [0.1, 0.15) is 22.6 Å². The molecule has 0 aliphatic heterocycles. The van der Waals surface area contributed by atoms with Crippen LogP contribution >= 0.6 is 11.8 Å². The standard InChI is InChI=1S/C22H24N2O2S/c1-16-8-10-18(11-9-16)15-27-13-12-23-21(25)14-20-17(2)26-22(24-20)19-6-4-3-5-7-19/h3-11H,12-15H2,1-2H3,(H,23,25). The van der Waals surface area contributed by atoms with Gasteiger partial charge in [0.1, 0.15) is 5.76 Å². The Labute approximate surface area is 164 Å². The number of amides is 1. The highest BCUT2D eigenvalue weighted by molar-refractivity contribution is 7.98. The number of benzene rings is 2. The second kappa shape index (κ2) is 9.42. The molecule has 1 N–H and O–H groups in total. The molecule has 0 aliphatic carbocycles. The lowest BCUT2D eigenvalue weighted by molar-refractivity contribution is -0.120. The first-order valence-corrected chi connectivity index (χ1v) is 10.2. The van der Waals surface area contributed by atoms with E-state index in [2.05, 4.69) is 41.5 Å². The Balaban J connectivity index is 1.42. The minimum atomic E-state index is -0.0260. The van der Waals surface area contributed by atoms with Gasteiger partial charge in [0.15, 0.2) is 0 Å². The van der Waals surface area contributed by atoms with Crippen molar-refractivity contribution in [1.82, 2.24) is 10.3 Å². The summed E-state index contributed by atoms with van der Waals surface area (Å²) in [7, 11) is 0. The molecule has 2 aromatic carbocycles. The van der Waals surface area contributed by atoms with Crippen LogP contribution in [0.15, 0.2) is 59.0 Å². The summed E-state index contributed by atoms with van der Waals surface area (Å²) >= 11 is 1.82. The maximum absolute atomic E-state index is 12.2. The summed E-state index contributed by atoms with van der Waals surface area (Å²) in [5.74, 6) is 3.07. The fourth-order valence-electron chi connectivity index (χ4n) is 2.65. The zero-order chi connectivity index (χ0) is 19.1. The third-order valence-corrected chi connectivity index (χ3v) is 5.23. The molecule has 0 aliphatic rings. The Kier molecular flexibility index (Phi) is 6.71. The van der Waals surface area contributed by atoms with Gasteiger partial charge in [-0.25, -0.2) is 4.98 Å². The lowest BCUT2D eigenvalue weighted by Crippen LogP contribution is -2.27. The van der Waals surface area contributed by atoms with E-state index in [0.717, 1.165) is 17.1 Å². The molecule has 4 nitrogen and oxygen atoms in total. The van der Waals surface area contributed by atoms with Crippen molar-refractivity contribution in [2.45, 2.75) is 26.0 Å². The number of hydrogen-bond acceptors (Lipinski definition) is 4. The molecular weight excluding hydrogens is 356 g/mol. The largest absolute Gasteiger partial charge is 0.441 e. The molecule has 1 aromatic heterocycles. The van der Waals surface area contributed by atoms with Gasteiger partial charge in [0.05, 0.1) is 12.1 Å². The van der Waals surface area contributed by atoms with Gasteiger partial charge in [-0.15, -0.1) is 0 Å². The Morgan fingerprint density at radius 2 is 1.81 bits per heavy atom. The van der Waals surface area contributed by atoms with Gasteiger partial charge in [0.2, 0.25) is 11.8 Å². The molecule has 0 spiro atoms. The molecule has 27 heavy (non-hydrogen) atoms. The van der Waals surface area contributed by atoms with E-state index in [1.165, 1.54) is 11.1 Å². The van der Waals surface area contributed by atoms with Gasteiger partial charge in [0.25, 0.3) is 0 Å². The zero-order valence-corrected chi connectivity index (χ0v) is 16.5. The van der Waals surface area contributed by atoms with E-state index in [1.807, 2.05) is 49.0 Å². The molecule has 0 bridgehead atoms. The Bertz CT molecular complexity index is 873. The Morgan fingerprint density at radius 1 is 1.07 bits per heavy atom. The van der Waals surface area contributed by atoms with Crippen molar-refractivity contribution in [3.05, 3.63) is 77.2 Å². The number of hydrogen-bond donors (Lipinski definition) is 1. The second-order valence-electron chi connectivity index (χ2n) is 6.45. The number of carbonyl (C=O) groups is 1. The summed E-state index contributed by atoms with van der Waals surface area (Å²) in [6.07, 6.45) is 0.241. The van der Waals surface area contributed by atoms with Crippen molar-refractivity contribution in [3.63, 3.8) is 0 Å². The van der Waals surface area contributed by atoms with Gasteiger partial charge >= 0.3 is 0 Å². The third-order valence-electron chi connectivity index (χ3n) is 4.20. The van der Waals surface area contributed by atoms with Crippen molar-refractivity contribution in [2.75, 3.05) is 12.3 Å². The van der Waals surface area contributed by atoms with Crippen molar-refractivity contribution < 1.29 is 9.21 Å². The Hall–Kier alpha value is -2.53. The lowest BCUT2D eigenvalue weighted by Gasteiger charge is -2.05. The number of nitrogens with one attached hydrogen (secondary N) is 1. The molecule has 3 aromatic rings. The molecule has 0 radical (unpaired) electrons. The highest BCUT2D eigenvalue weighted by Gasteiger charge is 2.14. The molecule has 0 saturated heterocycles. The molecule has 1 amide bonds. The predicted octanol–water partition coefficient (Wildman–Crippen LogP) is 4.55. The average molecular weight is 381 g/mol. The fraction of sp³-hybridized carbons (Fsp3) is 0.273. The van der Waals surface area contributed by atoms with Crippen LogP contribution in [0.3, 0.4) is 0 Å². The smallest absolute Gasteiger partial charge is 0.226 e. The number of aryl methyl sites for hydroxylation is 2.